The third-order valence-electron chi connectivity index (χ3n) is 3.22. The lowest BCUT2D eigenvalue weighted by molar-refractivity contribution is 0.475. The molecule has 0 saturated heterocycles. The van der Waals surface area contributed by atoms with Crippen LogP contribution < -0.4 is 4.31 Å². The highest BCUT2D eigenvalue weighted by Crippen LogP contribution is 2.30. The van der Waals surface area contributed by atoms with Crippen molar-refractivity contribution in [1.29, 1.82) is 0 Å². The lowest BCUT2D eigenvalue weighted by Gasteiger charge is -2.15. The lowest BCUT2D eigenvalue weighted by atomic mass is 10.1. The Morgan fingerprint density at radius 2 is 1.89 bits per heavy atom. The highest BCUT2D eigenvalue weighted by atomic mass is 32.2. The molecular formula is C15H22N2OS. The summed E-state index contributed by atoms with van der Waals surface area (Å²) in [5.41, 5.74) is 1.10. The smallest absolute Gasteiger partial charge is 0.122 e. The number of phenols is 1. The molecule has 1 aromatic carbocycles. The summed E-state index contributed by atoms with van der Waals surface area (Å²) in [6.07, 6.45) is 7.64. The molecule has 0 aliphatic carbocycles. The van der Waals surface area contributed by atoms with Gasteiger partial charge in [0.1, 0.15) is 12.4 Å². The van der Waals surface area contributed by atoms with E-state index < -0.39 is 0 Å². The van der Waals surface area contributed by atoms with Gasteiger partial charge in [-0.1, -0.05) is 32.6 Å². The summed E-state index contributed by atoms with van der Waals surface area (Å²) in [4.78, 5) is 4.58. The van der Waals surface area contributed by atoms with Gasteiger partial charge in [0.15, 0.2) is 0 Å². The second-order valence-electron chi connectivity index (χ2n) is 4.84. The Morgan fingerprint density at radius 1 is 1.16 bits per heavy atom. The minimum Gasteiger partial charge on any atom is -0.508 e. The molecule has 1 aliphatic rings. The van der Waals surface area contributed by atoms with Crippen molar-refractivity contribution in [3.63, 3.8) is 0 Å². The van der Waals surface area contributed by atoms with Gasteiger partial charge in [0.05, 0.1) is 5.04 Å². The topological polar surface area (TPSA) is 35.8 Å². The van der Waals surface area contributed by atoms with Crippen LogP contribution in [-0.4, -0.2) is 16.8 Å². The van der Waals surface area contributed by atoms with Crippen LogP contribution in [0.4, 0.5) is 5.69 Å². The average Bonchev–Trinajstić information content (AvgIpc) is 2.88. The fourth-order valence-corrected chi connectivity index (χ4v) is 3.03. The van der Waals surface area contributed by atoms with E-state index in [0.29, 0.717) is 5.75 Å². The Morgan fingerprint density at radius 3 is 2.63 bits per heavy atom. The minimum absolute atomic E-state index is 0.310. The van der Waals surface area contributed by atoms with Gasteiger partial charge in [-0.2, -0.15) is 0 Å². The fourth-order valence-electron chi connectivity index (χ4n) is 2.09. The molecule has 104 valence electrons. The number of benzene rings is 1. The minimum atomic E-state index is 0.310. The van der Waals surface area contributed by atoms with E-state index in [1.165, 1.54) is 37.1 Å². The summed E-state index contributed by atoms with van der Waals surface area (Å²) in [5.74, 6) is 0.310. The number of aliphatic imine (C=N–C) groups is 1. The molecule has 0 aromatic heterocycles. The molecule has 2 rings (SSSR count). The molecule has 0 fully saturated rings. The number of unbranched alkanes of at least 4 members (excludes halogenated alkanes) is 4. The first-order chi connectivity index (χ1) is 9.29. The summed E-state index contributed by atoms with van der Waals surface area (Å²) in [6.45, 7) is 2.96. The number of hydrogen-bond donors (Lipinski definition) is 1. The third-order valence-corrected chi connectivity index (χ3v) is 4.31. The van der Waals surface area contributed by atoms with Crippen molar-refractivity contribution in [2.24, 2.45) is 4.99 Å². The standard InChI is InChI=1S/C15H22N2OS/c1-2-3-4-5-6-7-15-16-12-17(19-15)13-8-10-14(18)11-9-13/h8-11,18H,2-7,12H2,1H3. The zero-order valence-corrected chi connectivity index (χ0v) is 12.3. The van der Waals surface area contributed by atoms with Crippen LogP contribution in [0.1, 0.15) is 45.4 Å². The Hall–Kier alpha value is -1.16. The van der Waals surface area contributed by atoms with Gasteiger partial charge in [-0.05, 0) is 37.1 Å². The molecule has 1 heterocycles. The zero-order chi connectivity index (χ0) is 13.5. The van der Waals surface area contributed by atoms with Crippen LogP contribution in [0.25, 0.3) is 0 Å². The van der Waals surface area contributed by atoms with Gasteiger partial charge in [0.25, 0.3) is 0 Å². The number of phenolic OH excluding ortho intramolecular Hbond substituents is 1. The van der Waals surface area contributed by atoms with Crippen LogP contribution in [-0.2, 0) is 0 Å². The number of aromatic hydroxyl groups is 1. The van der Waals surface area contributed by atoms with E-state index >= 15 is 0 Å². The molecule has 4 heteroatoms. The summed E-state index contributed by atoms with van der Waals surface area (Å²) < 4.78 is 2.17. The second-order valence-corrected chi connectivity index (χ2v) is 5.94. The van der Waals surface area contributed by atoms with Crippen molar-refractivity contribution in [2.75, 3.05) is 11.0 Å². The van der Waals surface area contributed by atoms with Crippen molar-refractivity contribution in [3.05, 3.63) is 24.3 Å². The van der Waals surface area contributed by atoms with Gasteiger partial charge in [-0.3, -0.25) is 9.30 Å². The van der Waals surface area contributed by atoms with Gasteiger partial charge in [-0.25, -0.2) is 0 Å². The van der Waals surface area contributed by atoms with E-state index in [4.69, 9.17) is 0 Å². The molecule has 0 unspecified atom stereocenters. The Kier molecular flexibility index (Phi) is 5.58. The first-order valence-electron chi connectivity index (χ1n) is 7.07. The molecule has 0 atom stereocenters. The van der Waals surface area contributed by atoms with Crippen molar-refractivity contribution >= 4 is 22.7 Å². The van der Waals surface area contributed by atoms with Gasteiger partial charge < -0.3 is 5.11 Å². The van der Waals surface area contributed by atoms with Crippen molar-refractivity contribution in [2.45, 2.75) is 45.4 Å². The van der Waals surface area contributed by atoms with Gasteiger partial charge >= 0.3 is 0 Å². The van der Waals surface area contributed by atoms with E-state index in [2.05, 4.69) is 16.2 Å². The van der Waals surface area contributed by atoms with E-state index in [9.17, 15) is 5.11 Å². The summed E-state index contributed by atoms with van der Waals surface area (Å²) in [5, 5.41) is 10.5. The number of nitrogens with zero attached hydrogens (tertiary/aromatic N) is 2. The lowest BCUT2D eigenvalue weighted by Crippen LogP contribution is -2.09. The first-order valence-corrected chi connectivity index (χ1v) is 7.85. The average molecular weight is 278 g/mol. The summed E-state index contributed by atoms with van der Waals surface area (Å²) in [6, 6.07) is 7.31. The summed E-state index contributed by atoms with van der Waals surface area (Å²) in [7, 11) is 0. The maximum atomic E-state index is 9.28. The molecule has 0 bridgehead atoms. The van der Waals surface area contributed by atoms with Crippen LogP contribution in [0.5, 0.6) is 5.75 Å². The molecule has 0 saturated carbocycles. The molecule has 0 spiro atoms. The van der Waals surface area contributed by atoms with Crippen LogP contribution >= 0.6 is 11.9 Å². The largest absolute Gasteiger partial charge is 0.508 e. The van der Waals surface area contributed by atoms with Gasteiger partial charge in [0, 0.05) is 17.6 Å². The maximum Gasteiger partial charge on any atom is 0.122 e. The maximum absolute atomic E-state index is 9.28. The molecule has 19 heavy (non-hydrogen) atoms. The van der Waals surface area contributed by atoms with Gasteiger partial charge in [0.2, 0.25) is 0 Å². The molecule has 0 amide bonds. The van der Waals surface area contributed by atoms with Crippen LogP contribution in [0.3, 0.4) is 0 Å². The molecule has 1 aromatic rings. The number of anilines is 1. The number of rotatable bonds is 7. The van der Waals surface area contributed by atoms with Gasteiger partial charge in [-0.15, -0.1) is 0 Å². The molecule has 1 N–H and O–H groups in total. The van der Waals surface area contributed by atoms with Crippen molar-refractivity contribution < 1.29 is 5.11 Å². The predicted molar refractivity (Wildman–Crippen MR) is 83.9 cm³/mol. The SMILES string of the molecule is CCCCCCCC1=NCN(c2ccc(O)cc2)S1. The summed E-state index contributed by atoms with van der Waals surface area (Å²) >= 11 is 1.74. The van der Waals surface area contributed by atoms with E-state index in [0.717, 1.165) is 18.8 Å². The highest BCUT2D eigenvalue weighted by Gasteiger charge is 2.17. The molecule has 1 aliphatic heterocycles. The molecule has 3 nitrogen and oxygen atoms in total. The quantitative estimate of drug-likeness (QED) is 0.586. The third kappa shape index (κ3) is 4.46. The first kappa shape index (κ1) is 14.3. The van der Waals surface area contributed by atoms with Crippen molar-refractivity contribution in [1.82, 2.24) is 0 Å². The van der Waals surface area contributed by atoms with E-state index in [-0.39, 0.29) is 0 Å². The predicted octanol–water partition coefficient (Wildman–Crippen LogP) is 4.58. The zero-order valence-electron chi connectivity index (χ0n) is 11.5. The Bertz CT molecular complexity index is 417. The second kappa shape index (κ2) is 7.43. The number of hydrogen-bond acceptors (Lipinski definition) is 4. The van der Waals surface area contributed by atoms with E-state index in [1.54, 1.807) is 24.1 Å². The van der Waals surface area contributed by atoms with Crippen LogP contribution in [0, 0.1) is 0 Å². The monoisotopic (exact) mass is 278 g/mol. The molecular weight excluding hydrogens is 256 g/mol. The van der Waals surface area contributed by atoms with E-state index in [1.807, 2.05) is 12.1 Å². The van der Waals surface area contributed by atoms with Crippen LogP contribution in [0.2, 0.25) is 0 Å². The fraction of sp³-hybridized carbons (Fsp3) is 0.533. The Balaban J connectivity index is 1.71. The van der Waals surface area contributed by atoms with Crippen molar-refractivity contribution in [3.8, 4) is 5.75 Å². The molecule has 0 radical (unpaired) electrons. The highest BCUT2D eigenvalue weighted by molar-refractivity contribution is 8.15. The Labute approximate surface area is 119 Å². The normalized spacial score (nSPS) is 14.8. The van der Waals surface area contributed by atoms with Crippen LogP contribution in [0.15, 0.2) is 29.3 Å².